The first-order chi connectivity index (χ1) is 10.1. The highest BCUT2D eigenvalue weighted by Gasteiger charge is 2.09. The predicted octanol–water partition coefficient (Wildman–Crippen LogP) is 3.59. The number of imidazole rings is 1. The van der Waals surface area contributed by atoms with Crippen molar-refractivity contribution >= 4 is 26.7 Å². The molecule has 0 aliphatic rings. The molecule has 0 unspecified atom stereocenters. The molecule has 0 aliphatic carbocycles. The molecule has 0 saturated carbocycles. The van der Waals surface area contributed by atoms with Gasteiger partial charge in [-0.05, 0) is 43.5 Å². The van der Waals surface area contributed by atoms with Crippen LogP contribution in [0, 0.1) is 0 Å². The number of rotatable bonds is 3. The van der Waals surface area contributed by atoms with Crippen molar-refractivity contribution in [1.82, 2.24) is 14.1 Å². The molecule has 0 amide bonds. The van der Waals surface area contributed by atoms with Gasteiger partial charge in [-0.15, -0.1) is 0 Å². The van der Waals surface area contributed by atoms with Crippen molar-refractivity contribution in [3.63, 3.8) is 0 Å². The number of benzene rings is 1. The third kappa shape index (κ3) is 2.65. The topological polar surface area (TPSA) is 39.8 Å². The van der Waals surface area contributed by atoms with Crippen molar-refractivity contribution in [2.45, 2.75) is 26.4 Å². The van der Waals surface area contributed by atoms with Crippen molar-refractivity contribution in [3.05, 3.63) is 63.5 Å². The summed E-state index contributed by atoms with van der Waals surface area (Å²) in [5, 5.41) is 1.67. The van der Waals surface area contributed by atoms with Crippen LogP contribution in [0.15, 0.2) is 52.1 Å². The molecule has 0 N–H and O–H groups in total. The quantitative estimate of drug-likeness (QED) is 0.727. The van der Waals surface area contributed by atoms with Crippen LogP contribution in [0.3, 0.4) is 0 Å². The van der Waals surface area contributed by atoms with E-state index in [1.165, 1.54) is 0 Å². The van der Waals surface area contributed by atoms with Gasteiger partial charge in [-0.3, -0.25) is 4.79 Å². The Morgan fingerprint density at radius 3 is 2.81 bits per heavy atom. The fourth-order valence-electron chi connectivity index (χ4n) is 2.47. The Morgan fingerprint density at radius 2 is 2.05 bits per heavy atom. The number of halogens is 1. The van der Waals surface area contributed by atoms with Crippen molar-refractivity contribution in [1.29, 1.82) is 0 Å². The molecule has 2 heterocycles. The van der Waals surface area contributed by atoms with E-state index in [1.807, 2.05) is 36.7 Å². The lowest BCUT2D eigenvalue weighted by atomic mass is 10.2. The van der Waals surface area contributed by atoms with Gasteiger partial charge in [-0.1, -0.05) is 15.9 Å². The standard InChI is InChI=1S/C16H16BrN3O/c1-11(2)20-8-6-18-15(20)10-19-7-5-12-9-13(17)3-4-14(12)16(19)21/h3-9,11H,10H2,1-2H3. The molecule has 0 bridgehead atoms. The summed E-state index contributed by atoms with van der Waals surface area (Å²) in [7, 11) is 0. The minimum absolute atomic E-state index is 0.0123. The van der Waals surface area contributed by atoms with E-state index in [4.69, 9.17) is 0 Å². The van der Waals surface area contributed by atoms with E-state index in [0.29, 0.717) is 12.6 Å². The van der Waals surface area contributed by atoms with Crippen LogP contribution in [-0.4, -0.2) is 14.1 Å². The number of hydrogen-bond acceptors (Lipinski definition) is 2. The Bertz CT molecular complexity index is 848. The van der Waals surface area contributed by atoms with Gasteiger partial charge in [-0.2, -0.15) is 0 Å². The van der Waals surface area contributed by atoms with Crippen LogP contribution in [0.1, 0.15) is 25.7 Å². The summed E-state index contributed by atoms with van der Waals surface area (Å²) in [6.07, 6.45) is 5.55. The van der Waals surface area contributed by atoms with Gasteiger partial charge in [0.15, 0.2) is 0 Å². The number of fused-ring (bicyclic) bond motifs is 1. The molecule has 5 heteroatoms. The maximum Gasteiger partial charge on any atom is 0.258 e. The molecule has 2 aromatic heterocycles. The lowest BCUT2D eigenvalue weighted by Gasteiger charge is -2.13. The van der Waals surface area contributed by atoms with Gasteiger partial charge in [0.1, 0.15) is 5.82 Å². The first kappa shape index (κ1) is 14.1. The van der Waals surface area contributed by atoms with E-state index in [2.05, 4.69) is 39.3 Å². The first-order valence-corrected chi connectivity index (χ1v) is 7.66. The van der Waals surface area contributed by atoms with Gasteiger partial charge in [0.2, 0.25) is 0 Å². The number of hydrogen-bond donors (Lipinski definition) is 0. The van der Waals surface area contributed by atoms with Crippen LogP contribution in [0.25, 0.3) is 10.8 Å². The van der Waals surface area contributed by atoms with Gasteiger partial charge in [0.05, 0.1) is 6.54 Å². The lowest BCUT2D eigenvalue weighted by Crippen LogP contribution is -2.22. The molecule has 0 aliphatic heterocycles. The molecule has 3 rings (SSSR count). The molecule has 0 spiro atoms. The van der Waals surface area contributed by atoms with E-state index in [-0.39, 0.29) is 5.56 Å². The Balaban J connectivity index is 2.05. The fraction of sp³-hybridized carbons (Fsp3) is 0.250. The second-order valence-electron chi connectivity index (χ2n) is 5.32. The summed E-state index contributed by atoms with van der Waals surface area (Å²) in [4.78, 5) is 16.9. The van der Waals surface area contributed by atoms with Crippen LogP contribution >= 0.6 is 15.9 Å². The molecule has 0 saturated heterocycles. The predicted molar refractivity (Wildman–Crippen MR) is 87.6 cm³/mol. The van der Waals surface area contributed by atoms with Crippen molar-refractivity contribution in [2.24, 2.45) is 0 Å². The van der Waals surface area contributed by atoms with E-state index in [9.17, 15) is 4.79 Å². The zero-order chi connectivity index (χ0) is 15.0. The highest BCUT2D eigenvalue weighted by molar-refractivity contribution is 9.10. The maximum atomic E-state index is 12.6. The summed E-state index contributed by atoms with van der Waals surface area (Å²) >= 11 is 3.43. The van der Waals surface area contributed by atoms with Gasteiger partial charge >= 0.3 is 0 Å². The molecular weight excluding hydrogens is 330 g/mol. The minimum atomic E-state index is 0.0123. The van der Waals surface area contributed by atoms with E-state index < -0.39 is 0 Å². The maximum absolute atomic E-state index is 12.6. The zero-order valence-corrected chi connectivity index (χ0v) is 13.5. The van der Waals surface area contributed by atoms with E-state index in [1.54, 1.807) is 10.8 Å². The van der Waals surface area contributed by atoms with Crippen LogP contribution in [0.5, 0.6) is 0 Å². The second-order valence-corrected chi connectivity index (χ2v) is 6.24. The summed E-state index contributed by atoms with van der Waals surface area (Å²) in [6, 6.07) is 7.99. The Kier molecular flexibility index (Phi) is 3.68. The largest absolute Gasteiger partial charge is 0.331 e. The number of pyridine rings is 1. The molecule has 108 valence electrons. The van der Waals surface area contributed by atoms with Crippen LogP contribution in [0.2, 0.25) is 0 Å². The highest BCUT2D eigenvalue weighted by Crippen LogP contribution is 2.17. The summed E-state index contributed by atoms with van der Waals surface area (Å²) in [6.45, 7) is 4.69. The van der Waals surface area contributed by atoms with Crippen molar-refractivity contribution in [3.8, 4) is 0 Å². The van der Waals surface area contributed by atoms with Crippen molar-refractivity contribution in [2.75, 3.05) is 0 Å². The van der Waals surface area contributed by atoms with Crippen LogP contribution in [-0.2, 0) is 6.54 Å². The van der Waals surface area contributed by atoms with Crippen LogP contribution < -0.4 is 5.56 Å². The third-order valence-electron chi connectivity index (χ3n) is 3.56. The molecule has 0 radical (unpaired) electrons. The minimum Gasteiger partial charge on any atom is -0.331 e. The number of aromatic nitrogens is 3. The normalized spacial score (nSPS) is 11.4. The van der Waals surface area contributed by atoms with Crippen LogP contribution in [0.4, 0.5) is 0 Å². The molecule has 21 heavy (non-hydrogen) atoms. The summed E-state index contributed by atoms with van der Waals surface area (Å²) < 4.78 is 4.76. The summed E-state index contributed by atoms with van der Waals surface area (Å²) in [5.41, 5.74) is 0.0123. The average Bonchev–Trinajstić information content (AvgIpc) is 2.90. The third-order valence-corrected chi connectivity index (χ3v) is 4.05. The van der Waals surface area contributed by atoms with E-state index in [0.717, 1.165) is 21.1 Å². The van der Waals surface area contributed by atoms with Gasteiger partial charge < -0.3 is 9.13 Å². The second kappa shape index (κ2) is 5.48. The summed E-state index contributed by atoms with van der Waals surface area (Å²) in [5.74, 6) is 0.892. The number of nitrogens with zero attached hydrogens (tertiary/aromatic N) is 3. The SMILES string of the molecule is CC(C)n1ccnc1Cn1ccc2cc(Br)ccc2c1=O. The zero-order valence-electron chi connectivity index (χ0n) is 12.0. The monoisotopic (exact) mass is 345 g/mol. The first-order valence-electron chi connectivity index (χ1n) is 6.86. The Hall–Kier alpha value is -1.88. The molecule has 0 atom stereocenters. The Labute approximate surface area is 131 Å². The average molecular weight is 346 g/mol. The molecule has 4 nitrogen and oxygen atoms in total. The molecular formula is C16H16BrN3O. The smallest absolute Gasteiger partial charge is 0.258 e. The van der Waals surface area contributed by atoms with E-state index >= 15 is 0 Å². The fourth-order valence-corrected chi connectivity index (χ4v) is 2.85. The Morgan fingerprint density at radius 1 is 1.24 bits per heavy atom. The van der Waals surface area contributed by atoms with Gasteiger partial charge in [-0.25, -0.2) is 4.98 Å². The van der Waals surface area contributed by atoms with Gasteiger partial charge in [0.25, 0.3) is 5.56 Å². The molecule has 3 aromatic rings. The van der Waals surface area contributed by atoms with Gasteiger partial charge in [0, 0.05) is 34.5 Å². The molecule has 1 aromatic carbocycles. The van der Waals surface area contributed by atoms with Crippen molar-refractivity contribution < 1.29 is 0 Å². The lowest BCUT2D eigenvalue weighted by molar-refractivity contribution is 0.550. The molecule has 0 fully saturated rings. The highest BCUT2D eigenvalue weighted by atomic mass is 79.9.